The average molecular weight is 584 g/mol. The predicted octanol–water partition coefficient (Wildman–Crippen LogP) is 12.7. The molecule has 0 fully saturated rings. The molecule has 43 heavy (non-hydrogen) atoms. The zero-order chi connectivity index (χ0) is 28.3. The normalized spacial score (nSPS) is 11.7. The number of nitrogens with zero attached hydrogens (tertiary/aromatic N) is 1. The number of anilines is 3. The summed E-state index contributed by atoms with van der Waals surface area (Å²) in [6.45, 7) is 0. The van der Waals surface area contributed by atoms with Gasteiger partial charge >= 0.3 is 0 Å². The number of rotatable bonds is 4. The van der Waals surface area contributed by atoms with E-state index in [0.717, 1.165) is 5.69 Å². The van der Waals surface area contributed by atoms with E-state index in [1.54, 1.807) is 0 Å². The Labute approximate surface area is 257 Å². The lowest BCUT2D eigenvalue weighted by Gasteiger charge is -2.28. The molecule has 2 heterocycles. The summed E-state index contributed by atoms with van der Waals surface area (Å²) in [7, 11) is 0. The van der Waals surface area contributed by atoms with Crippen LogP contribution in [0.2, 0.25) is 0 Å². The first-order valence-corrected chi connectivity index (χ1v) is 16.1. The van der Waals surface area contributed by atoms with Crippen LogP contribution < -0.4 is 4.90 Å². The van der Waals surface area contributed by atoms with E-state index >= 15 is 0 Å². The van der Waals surface area contributed by atoms with Crippen molar-refractivity contribution in [3.8, 4) is 11.1 Å². The number of benzene rings is 7. The van der Waals surface area contributed by atoms with Crippen LogP contribution in [0.5, 0.6) is 0 Å². The van der Waals surface area contributed by atoms with E-state index < -0.39 is 0 Å². The van der Waals surface area contributed by atoms with Crippen molar-refractivity contribution in [1.82, 2.24) is 0 Å². The molecule has 0 aliphatic heterocycles. The molecule has 1 nitrogen and oxygen atoms in total. The van der Waals surface area contributed by atoms with Gasteiger partial charge in [0.05, 0.1) is 5.69 Å². The molecule has 0 N–H and O–H groups in total. The SMILES string of the molecule is c1ccc(-c2ccc(N(c3ccc4c(c3)sc3ccccc34)c3c4ccccc4cc4sc5ccccc5c34)cc2)cc1. The quantitative estimate of drug-likeness (QED) is 0.199. The van der Waals surface area contributed by atoms with E-state index in [1.165, 1.54) is 73.6 Å². The lowest BCUT2D eigenvalue weighted by atomic mass is 10.00. The van der Waals surface area contributed by atoms with Gasteiger partial charge in [-0.15, -0.1) is 22.7 Å². The maximum atomic E-state index is 2.49. The molecular weight excluding hydrogens is 559 g/mol. The Balaban J connectivity index is 1.36. The summed E-state index contributed by atoms with van der Waals surface area (Å²) in [5.74, 6) is 0. The fourth-order valence-corrected chi connectivity index (χ4v) is 8.75. The molecule has 3 heteroatoms. The van der Waals surface area contributed by atoms with E-state index in [0.29, 0.717) is 0 Å². The molecule has 0 saturated carbocycles. The average Bonchev–Trinajstić information content (AvgIpc) is 3.63. The van der Waals surface area contributed by atoms with Gasteiger partial charge in [0.2, 0.25) is 0 Å². The van der Waals surface area contributed by atoms with Crippen LogP contribution in [-0.4, -0.2) is 0 Å². The van der Waals surface area contributed by atoms with Gasteiger partial charge in [-0.1, -0.05) is 109 Å². The molecule has 9 rings (SSSR count). The van der Waals surface area contributed by atoms with Crippen LogP contribution in [-0.2, 0) is 0 Å². The molecule has 202 valence electrons. The third-order valence-corrected chi connectivity index (χ3v) is 10.7. The van der Waals surface area contributed by atoms with Crippen LogP contribution in [0.4, 0.5) is 17.1 Å². The Bertz CT molecular complexity index is 2450. The monoisotopic (exact) mass is 583 g/mol. The van der Waals surface area contributed by atoms with Gasteiger partial charge < -0.3 is 4.90 Å². The Kier molecular flexibility index (Phi) is 5.62. The van der Waals surface area contributed by atoms with Crippen molar-refractivity contribution in [2.75, 3.05) is 4.90 Å². The number of fused-ring (bicyclic) bond motifs is 7. The second kappa shape index (κ2) is 9.81. The van der Waals surface area contributed by atoms with Crippen LogP contribution in [0.3, 0.4) is 0 Å². The van der Waals surface area contributed by atoms with E-state index in [9.17, 15) is 0 Å². The number of thiophene rings is 2. The Hall–Kier alpha value is -4.96. The molecule has 2 aromatic heterocycles. The summed E-state index contributed by atoms with van der Waals surface area (Å²) in [5, 5.41) is 7.75. The zero-order valence-corrected chi connectivity index (χ0v) is 24.8. The molecule has 0 radical (unpaired) electrons. The van der Waals surface area contributed by atoms with Crippen molar-refractivity contribution in [3.63, 3.8) is 0 Å². The highest BCUT2D eigenvalue weighted by molar-refractivity contribution is 7.26. The van der Waals surface area contributed by atoms with Gasteiger partial charge in [0.15, 0.2) is 0 Å². The van der Waals surface area contributed by atoms with Gasteiger partial charge in [-0.3, -0.25) is 0 Å². The number of hydrogen-bond donors (Lipinski definition) is 0. The molecular formula is C40H25NS2. The first kappa shape index (κ1) is 24.6. The molecule has 0 saturated heterocycles. The molecule has 0 atom stereocenters. The van der Waals surface area contributed by atoms with Gasteiger partial charge in [0.1, 0.15) is 0 Å². The summed E-state index contributed by atoms with van der Waals surface area (Å²) in [6.07, 6.45) is 0. The highest BCUT2D eigenvalue weighted by atomic mass is 32.1. The maximum Gasteiger partial charge on any atom is 0.0633 e. The van der Waals surface area contributed by atoms with Crippen LogP contribution in [0.15, 0.2) is 152 Å². The van der Waals surface area contributed by atoms with E-state index in [-0.39, 0.29) is 0 Å². The second-order valence-electron chi connectivity index (χ2n) is 10.9. The zero-order valence-electron chi connectivity index (χ0n) is 23.2. The van der Waals surface area contributed by atoms with Crippen molar-refractivity contribution in [3.05, 3.63) is 152 Å². The maximum absolute atomic E-state index is 2.49. The van der Waals surface area contributed by atoms with Gasteiger partial charge in [0, 0.05) is 57.1 Å². The fourth-order valence-electron chi connectivity index (χ4n) is 6.45. The third kappa shape index (κ3) is 3.97. The second-order valence-corrected chi connectivity index (χ2v) is 13.1. The van der Waals surface area contributed by atoms with Gasteiger partial charge in [-0.25, -0.2) is 0 Å². The van der Waals surface area contributed by atoms with E-state index in [1.807, 2.05) is 22.7 Å². The highest BCUT2D eigenvalue weighted by Gasteiger charge is 2.22. The van der Waals surface area contributed by atoms with Crippen molar-refractivity contribution in [2.45, 2.75) is 0 Å². The van der Waals surface area contributed by atoms with Crippen LogP contribution >= 0.6 is 22.7 Å². The first-order valence-electron chi connectivity index (χ1n) is 14.5. The van der Waals surface area contributed by atoms with Crippen molar-refractivity contribution < 1.29 is 0 Å². The van der Waals surface area contributed by atoms with Gasteiger partial charge in [-0.2, -0.15) is 0 Å². The Morgan fingerprint density at radius 3 is 1.77 bits per heavy atom. The topological polar surface area (TPSA) is 3.24 Å². The summed E-state index contributed by atoms with van der Waals surface area (Å²) in [4.78, 5) is 2.49. The molecule has 0 spiro atoms. The highest BCUT2D eigenvalue weighted by Crippen LogP contribution is 2.49. The Morgan fingerprint density at radius 2 is 0.953 bits per heavy atom. The molecule has 7 aromatic carbocycles. The molecule has 0 unspecified atom stereocenters. The number of hydrogen-bond acceptors (Lipinski definition) is 3. The van der Waals surface area contributed by atoms with Crippen LogP contribution in [0, 0.1) is 0 Å². The molecule has 0 bridgehead atoms. The Morgan fingerprint density at radius 1 is 0.372 bits per heavy atom. The fraction of sp³-hybridized carbons (Fsp3) is 0. The largest absolute Gasteiger partial charge is 0.309 e. The summed E-state index contributed by atoms with van der Waals surface area (Å²) in [6, 6.07) is 55.4. The summed E-state index contributed by atoms with van der Waals surface area (Å²) in [5.41, 5.74) is 5.99. The minimum absolute atomic E-state index is 1.15. The lowest BCUT2D eigenvalue weighted by Crippen LogP contribution is -2.11. The third-order valence-electron chi connectivity index (χ3n) is 8.44. The first-order chi connectivity index (χ1) is 21.3. The van der Waals surface area contributed by atoms with Gasteiger partial charge in [0.25, 0.3) is 0 Å². The lowest BCUT2D eigenvalue weighted by molar-refractivity contribution is 1.32. The molecule has 9 aromatic rings. The van der Waals surface area contributed by atoms with Crippen molar-refractivity contribution in [2.24, 2.45) is 0 Å². The molecule has 0 aliphatic rings. The molecule has 0 amide bonds. The summed E-state index contributed by atoms with van der Waals surface area (Å²) >= 11 is 3.75. The standard InChI is InChI=1S/C40H25NS2/c1-2-10-26(11-3-1)27-18-20-29(21-19-27)41(30-22-23-33-32-14-6-8-16-35(32)42-37(33)25-30)40-31-13-5-4-12-28(31)24-38-39(40)34-15-7-9-17-36(34)43-38/h1-25H. The van der Waals surface area contributed by atoms with Crippen molar-refractivity contribution in [1.29, 1.82) is 0 Å². The minimum Gasteiger partial charge on any atom is -0.309 e. The predicted molar refractivity (Wildman–Crippen MR) is 190 cm³/mol. The van der Waals surface area contributed by atoms with Crippen LogP contribution in [0.25, 0.3) is 62.2 Å². The van der Waals surface area contributed by atoms with E-state index in [2.05, 4.69) is 157 Å². The minimum atomic E-state index is 1.15. The summed E-state index contributed by atoms with van der Waals surface area (Å²) < 4.78 is 5.25. The van der Waals surface area contributed by atoms with Crippen molar-refractivity contribution >= 4 is 90.9 Å². The van der Waals surface area contributed by atoms with Gasteiger partial charge in [-0.05, 0) is 59.0 Å². The smallest absolute Gasteiger partial charge is 0.0633 e. The molecule has 0 aliphatic carbocycles. The van der Waals surface area contributed by atoms with Crippen LogP contribution in [0.1, 0.15) is 0 Å². The van der Waals surface area contributed by atoms with E-state index in [4.69, 9.17) is 0 Å².